The smallest absolute Gasteiger partial charge is 0.200 e. The summed E-state index contributed by atoms with van der Waals surface area (Å²) in [6.45, 7) is 3.66. The lowest BCUT2D eigenvalue weighted by atomic mass is 10.3. The Morgan fingerprint density at radius 2 is 2.11 bits per heavy atom. The van der Waals surface area contributed by atoms with Crippen molar-refractivity contribution >= 4 is 15.9 Å². The van der Waals surface area contributed by atoms with Crippen LogP contribution in [0.5, 0.6) is 5.75 Å². The lowest BCUT2D eigenvalue weighted by Crippen LogP contribution is -2.34. The van der Waals surface area contributed by atoms with Gasteiger partial charge in [-0.15, -0.1) is 0 Å². The van der Waals surface area contributed by atoms with Crippen LogP contribution in [-0.2, 0) is 0 Å². The van der Waals surface area contributed by atoms with Crippen LogP contribution >= 0.6 is 15.9 Å². The summed E-state index contributed by atoms with van der Waals surface area (Å²) < 4.78 is 33.0. The summed E-state index contributed by atoms with van der Waals surface area (Å²) in [5, 5.41) is 3.25. The molecule has 0 saturated heterocycles. The van der Waals surface area contributed by atoms with Crippen LogP contribution in [0, 0.1) is 11.6 Å². The normalized spacial score (nSPS) is 16.7. The van der Waals surface area contributed by atoms with E-state index in [9.17, 15) is 8.78 Å². The fourth-order valence-electron chi connectivity index (χ4n) is 1.79. The molecule has 1 N–H and O–H groups in total. The van der Waals surface area contributed by atoms with Crippen molar-refractivity contribution in [3.8, 4) is 5.75 Å². The van der Waals surface area contributed by atoms with E-state index in [0.29, 0.717) is 11.0 Å². The lowest BCUT2D eigenvalue weighted by molar-refractivity contribution is 0.166. The third-order valence-electron chi connectivity index (χ3n) is 2.97. The Hall–Kier alpha value is -0.680. The zero-order chi connectivity index (χ0) is 13.2. The minimum absolute atomic E-state index is 0.0160. The first kappa shape index (κ1) is 13.7. The molecule has 0 aromatic heterocycles. The second-order valence-corrected chi connectivity index (χ2v) is 5.58. The molecule has 5 heteroatoms. The van der Waals surface area contributed by atoms with Gasteiger partial charge in [0, 0.05) is 11.0 Å². The third-order valence-corrected chi connectivity index (χ3v) is 3.43. The molecule has 1 aromatic carbocycles. The van der Waals surface area contributed by atoms with Crippen LogP contribution in [-0.4, -0.2) is 18.7 Å². The van der Waals surface area contributed by atoms with E-state index in [0.717, 1.165) is 31.9 Å². The highest BCUT2D eigenvalue weighted by Gasteiger charge is 2.45. The first-order valence-corrected chi connectivity index (χ1v) is 6.90. The Bertz CT molecular complexity index is 435. The highest BCUT2D eigenvalue weighted by atomic mass is 79.9. The molecule has 2 rings (SSSR count). The minimum atomic E-state index is -0.917. The molecule has 18 heavy (non-hydrogen) atoms. The predicted octanol–water partition coefficient (Wildman–Crippen LogP) is 3.64. The minimum Gasteiger partial charge on any atom is -0.483 e. The van der Waals surface area contributed by atoms with Crippen molar-refractivity contribution in [1.82, 2.24) is 5.32 Å². The van der Waals surface area contributed by atoms with Crippen molar-refractivity contribution in [2.24, 2.45) is 0 Å². The van der Waals surface area contributed by atoms with E-state index in [-0.39, 0.29) is 11.4 Å². The predicted molar refractivity (Wildman–Crippen MR) is 69.8 cm³/mol. The van der Waals surface area contributed by atoms with Crippen LogP contribution in [0.3, 0.4) is 0 Å². The van der Waals surface area contributed by atoms with E-state index in [1.165, 1.54) is 6.07 Å². The largest absolute Gasteiger partial charge is 0.483 e. The second-order valence-electron chi connectivity index (χ2n) is 4.66. The van der Waals surface area contributed by atoms with E-state index < -0.39 is 11.6 Å². The fourth-order valence-corrected chi connectivity index (χ4v) is 2.20. The highest BCUT2D eigenvalue weighted by molar-refractivity contribution is 9.10. The Morgan fingerprint density at radius 1 is 1.39 bits per heavy atom. The average molecular weight is 320 g/mol. The van der Waals surface area contributed by atoms with E-state index in [2.05, 4.69) is 28.2 Å². The molecule has 1 fully saturated rings. The van der Waals surface area contributed by atoms with Crippen molar-refractivity contribution in [3.05, 3.63) is 28.2 Å². The van der Waals surface area contributed by atoms with Gasteiger partial charge in [0.25, 0.3) is 0 Å². The van der Waals surface area contributed by atoms with E-state index in [4.69, 9.17) is 4.74 Å². The number of hydrogen-bond acceptors (Lipinski definition) is 2. The standard InChI is InChI=1S/C13H16BrF2NO/c1-2-5-17-8-13(3-4-13)18-11-7-9(14)6-10(15)12(11)16/h6-7,17H,2-5,8H2,1H3. The molecule has 0 aliphatic heterocycles. The van der Waals surface area contributed by atoms with Gasteiger partial charge in [0.1, 0.15) is 5.60 Å². The Balaban J connectivity index is 2.05. The molecule has 1 saturated carbocycles. The van der Waals surface area contributed by atoms with Crippen molar-refractivity contribution in [2.45, 2.75) is 31.8 Å². The SMILES string of the molecule is CCCNCC1(Oc2cc(Br)cc(F)c2F)CC1. The summed E-state index contributed by atoms with van der Waals surface area (Å²) in [7, 11) is 0. The number of halogens is 3. The van der Waals surface area contributed by atoms with Crippen LogP contribution in [0.25, 0.3) is 0 Å². The lowest BCUT2D eigenvalue weighted by Gasteiger charge is -2.19. The first-order chi connectivity index (χ1) is 8.56. The molecule has 0 amide bonds. The Labute approximate surface area is 114 Å². The van der Waals surface area contributed by atoms with Crippen LogP contribution < -0.4 is 10.1 Å². The summed E-state index contributed by atoms with van der Waals surface area (Å²) >= 11 is 3.14. The summed E-state index contributed by atoms with van der Waals surface area (Å²) in [4.78, 5) is 0. The fraction of sp³-hybridized carbons (Fsp3) is 0.538. The van der Waals surface area contributed by atoms with E-state index in [1.54, 1.807) is 0 Å². The van der Waals surface area contributed by atoms with E-state index in [1.807, 2.05) is 0 Å². The molecule has 1 aliphatic carbocycles. The molecular formula is C13H16BrF2NO. The van der Waals surface area contributed by atoms with Crippen molar-refractivity contribution in [2.75, 3.05) is 13.1 Å². The number of nitrogens with one attached hydrogen (secondary N) is 1. The molecule has 100 valence electrons. The molecule has 0 radical (unpaired) electrons. The van der Waals surface area contributed by atoms with Gasteiger partial charge >= 0.3 is 0 Å². The summed E-state index contributed by atoms with van der Waals surface area (Å²) in [6.07, 6.45) is 2.78. The molecule has 1 aromatic rings. The van der Waals surface area contributed by atoms with Crippen LogP contribution in [0.2, 0.25) is 0 Å². The monoisotopic (exact) mass is 319 g/mol. The molecule has 0 heterocycles. The topological polar surface area (TPSA) is 21.3 Å². The molecule has 0 atom stereocenters. The number of benzene rings is 1. The number of rotatable bonds is 6. The Morgan fingerprint density at radius 3 is 2.72 bits per heavy atom. The van der Waals surface area contributed by atoms with Gasteiger partial charge in [-0.3, -0.25) is 0 Å². The maximum atomic E-state index is 13.6. The van der Waals surface area contributed by atoms with Gasteiger partial charge in [-0.2, -0.15) is 4.39 Å². The average Bonchev–Trinajstić information content (AvgIpc) is 3.06. The summed E-state index contributed by atoms with van der Waals surface area (Å²) in [6, 6.07) is 2.56. The van der Waals surface area contributed by atoms with Crippen molar-refractivity contribution in [3.63, 3.8) is 0 Å². The van der Waals surface area contributed by atoms with Gasteiger partial charge in [0.05, 0.1) is 0 Å². The highest BCUT2D eigenvalue weighted by Crippen LogP contribution is 2.41. The summed E-state index contributed by atoms with van der Waals surface area (Å²) in [5.41, 5.74) is -0.358. The molecule has 2 nitrogen and oxygen atoms in total. The maximum Gasteiger partial charge on any atom is 0.200 e. The number of hydrogen-bond donors (Lipinski definition) is 1. The van der Waals surface area contributed by atoms with Crippen LogP contribution in [0.4, 0.5) is 8.78 Å². The van der Waals surface area contributed by atoms with Gasteiger partial charge in [-0.25, -0.2) is 4.39 Å². The molecule has 1 aliphatic rings. The van der Waals surface area contributed by atoms with Gasteiger partial charge in [-0.05, 0) is 37.9 Å². The molecule has 0 bridgehead atoms. The second kappa shape index (κ2) is 5.53. The zero-order valence-electron chi connectivity index (χ0n) is 10.2. The maximum absolute atomic E-state index is 13.6. The van der Waals surface area contributed by atoms with Crippen molar-refractivity contribution in [1.29, 1.82) is 0 Å². The molecular weight excluding hydrogens is 304 g/mol. The third kappa shape index (κ3) is 3.20. The van der Waals surface area contributed by atoms with Gasteiger partial charge in [0.15, 0.2) is 11.6 Å². The zero-order valence-corrected chi connectivity index (χ0v) is 11.8. The van der Waals surface area contributed by atoms with Crippen LogP contribution in [0.15, 0.2) is 16.6 Å². The van der Waals surface area contributed by atoms with Crippen LogP contribution in [0.1, 0.15) is 26.2 Å². The molecule has 0 spiro atoms. The van der Waals surface area contributed by atoms with Crippen molar-refractivity contribution < 1.29 is 13.5 Å². The first-order valence-electron chi connectivity index (χ1n) is 6.10. The quantitative estimate of drug-likeness (QED) is 0.638. The van der Waals surface area contributed by atoms with Gasteiger partial charge < -0.3 is 10.1 Å². The Kier molecular flexibility index (Phi) is 4.22. The van der Waals surface area contributed by atoms with E-state index >= 15 is 0 Å². The van der Waals surface area contributed by atoms with Gasteiger partial charge in [0.2, 0.25) is 5.82 Å². The van der Waals surface area contributed by atoms with Gasteiger partial charge in [-0.1, -0.05) is 22.9 Å². The summed E-state index contributed by atoms with van der Waals surface area (Å²) in [5.74, 6) is -1.82. The molecule has 0 unspecified atom stereocenters. The number of ether oxygens (including phenoxy) is 1.